The van der Waals surface area contributed by atoms with Gasteiger partial charge in [0.05, 0.1) is 6.04 Å². The Morgan fingerprint density at radius 3 is 2.15 bits per heavy atom. The number of nitrogens with one attached hydrogen (secondary N) is 2. The molecule has 0 saturated heterocycles. The van der Waals surface area contributed by atoms with Crippen molar-refractivity contribution >= 4 is 35.5 Å². The summed E-state index contributed by atoms with van der Waals surface area (Å²) in [6.07, 6.45) is 2.30. The Balaban J connectivity index is 5.09. The molecule has 9 nitrogen and oxygen atoms in total. The van der Waals surface area contributed by atoms with Crippen molar-refractivity contribution in [3.8, 4) is 0 Å². The average molecular weight is 391 g/mol. The van der Waals surface area contributed by atoms with Crippen LogP contribution in [0.3, 0.4) is 0 Å². The zero-order chi connectivity index (χ0) is 20.3. The van der Waals surface area contributed by atoms with Crippen molar-refractivity contribution in [1.29, 1.82) is 0 Å². The number of carboxylic acids is 2. The van der Waals surface area contributed by atoms with Crippen molar-refractivity contribution in [3.05, 3.63) is 0 Å². The molecule has 0 aromatic heterocycles. The lowest BCUT2D eigenvalue weighted by Gasteiger charge is -2.25. The van der Waals surface area contributed by atoms with Gasteiger partial charge in [0, 0.05) is 6.42 Å². The molecule has 0 aliphatic heterocycles. The van der Waals surface area contributed by atoms with Crippen LogP contribution in [0.25, 0.3) is 0 Å². The summed E-state index contributed by atoms with van der Waals surface area (Å²) in [6.45, 7) is 3.48. The van der Waals surface area contributed by atoms with Crippen molar-refractivity contribution in [3.63, 3.8) is 0 Å². The summed E-state index contributed by atoms with van der Waals surface area (Å²) in [5, 5.41) is 22.9. The van der Waals surface area contributed by atoms with Gasteiger partial charge in [0.25, 0.3) is 0 Å². The number of hydrogen-bond donors (Lipinski definition) is 5. The smallest absolute Gasteiger partial charge is 0.326 e. The normalized spacial score (nSPS) is 15.4. The van der Waals surface area contributed by atoms with Crippen molar-refractivity contribution in [1.82, 2.24) is 10.6 Å². The molecule has 4 atom stereocenters. The Hall–Kier alpha value is -1.81. The molecule has 0 aliphatic rings. The minimum Gasteiger partial charge on any atom is -0.481 e. The van der Waals surface area contributed by atoms with Crippen LogP contribution in [-0.2, 0) is 19.2 Å². The number of aliphatic carboxylic acids is 2. The van der Waals surface area contributed by atoms with Gasteiger partial charge in [-0.05, 0) is 30.8 Å². The van der Waals surface area contributed by atoms with Crippen LogP contribution in [-0.4, -0.2) is 64.1 Å². The van der Waals surface area contributed by atoms with E-state index in [0.717, 1.165) is 0 Å². The van der Waals surface area contributed by atoms with Crippen LogP contribution in [0.5, 0.6) is 0 Å². The number of carbonyl (C=O) groups is 4. The van der Waals surface area contributed by atoms with Gasteiger partial charge >= 0.3 is 11.9 Å². The van der Waals surface area contributed by atoms with Crippen LogP contribution in [0.4, 0.5) is 0 Å². The highest BCUT2D eigenvalue weighted by molar-refractivity contribution is 7.98. The molecule has 0 saturated carbocycles. The molecule has 0 rings (SSSR count). The summed E-state index contributed by atoms with van der Waals surface area (Å²) in [6, 6.07) is -3.11. The minimum atomic E-state index is -1.19. The van der Waals surface area contributed by atoms with Gasteiger partial charge in [-0.15, -0.1) is 0 Å². The summed E-state index contributed by atoms with van der Waals surface area (Å²) < 4.78 is 0. The van der Waals surface area contributed by atoms with Crippen LogP contribution in [0.15, 0.2) is 0 Å². The first-order valence-electron chi connectivity index (χ1n) is 8.43. The Morgan fingerprint density at radius 1 is 1.08 bits per heavy atom. The topological polar surface area (TPSA) is 159 Å². The van der Waals surface area contributed by atoms with E-state index in [1.54, 1.807) is 13.8 Å². The summed E-state index contributed by atoms with van der Waals surface area (Å²) in [4.78, 5) is 46.7. The third kappa shape index (κ3) is 9.04. The van der Waals surface area contributed by atoms with Crippen molar-refractivity contribution in [2.45, 2.75) is 57.7 Å². The maximum Gasteiger partial charge on any atom is 0.326 e. The first-order chi connectivity index (χ1) is 12.1. The van der Waals surface area contributed by atoms with E-state index < -0.39 is 41.9 Å². The highest BCUT2D eigenvalue weighted by Crippen LogP contribution is 2.09. The molecule has 0 fully saturated rings. The van der Waals surface area contributed by atoms with Gasteiger partial charge in [-0.1, -0.05) is 20.3 Å². The number of carboxylic acid groups (broad SMARTS) is 2. The zero-order valence-electron chi connectivity index (χ0n) is 15.4. The lowest BCUT2D eigenvalue weighted by Crippen LogP contribution is -2.55. The zero-order valence-corrected chi connectivity index (χ0v) is 16.2. The number of amides is 2. The lowest BCUT2D eigenvalue weighted by atomic mass is 9.98. The second-order valence-corrected chi connectivity index (χ2v) is 7.08. The standard InChI is InChI=1S/C16H29N3O6S/c1-4-9(2)13(16(24)25)19-15(23)11(5-6-12(20)21)18-14(22)10(17)7-8-26-3/h9-11,13H,4-8,17H2,1-3H3,(H,18,22)(H,19,23)(H,20,21)(H,24,25). The van der Waals surface area contributed by atoms with Gasteiger partial charge in [0.15, 0.2) is 0 Å². The molecule has 150 valence electrons. The van der Waals surface area contributed by atoms with Gasteiger partial charge in [0.2, 0.25) is 11.8 Å². The minimum absolute atomic E-state index is 0.158. The SMILES string of the molecule is CCC(C)C(NC(=O)C(CCC(=O)O)NC(=O)C(N)CCSC)C(=O)O. The Bertz CT molecular complexity index is 502. The van der Waals surface area contributed by atoms with Gasteiger partial charge in [-0.3, -0.25) is 14.4 Å². The molecule has 4 unspecified atom stereocenters. The fraction of sp³-hybridized carbons (Fsp3) is 0.750. The van der Waals surface area contributed by atoms with Crippen LogP contribution in [0.2, 0.25) is 0 Å². The van der Waals surface area contributed by atoms with Crippen molar-refractivity contribution in [2.24, 2.45) is 11.7 Å². The largest absolute Gasteiger partial charge is 0.481 e. The van der Waals surface area contributed by atoms with E-state index >= 15 is 0 Å². The Labute approximate surface area is 157 Å². The number of nitrogens with two attached hydrogens (primary N) is 1. The summed E-state index contributed by atoms with van der Waals surface area (Å²) in [5.41, 5.74) is 5.76. The van der Waals surface area contributed by atoms with E-state index in [-0.39, 0.29) is 18.8 Å². The lowest BCUT2D eigenvalue weighted by molar-refractivity contribution is -0.144. The van der Waals surface area contributed by atoms with Crippen LogP contribution in [0, 0.1) is 5.92 Å². The molecule has 0 spiro atoms. The van der Waals surface area contributed by atoms with Crippen LogP contribution >= 0.6 is 11.8 Å². The highest BCUT2D eigenvalue weighted by atomic mass is 32.2. The summed E-state index contributed by atoms with van der Waals surface area (Å²) >= 11 is 1.52. The second-order valence-electron chi connectivity index (χ2n) is 6.09. The highest BCUT2D eigenvalue weighted by Gasteiger charge is 2.30. The Kier molecular flexibility index (Phi) is 11.7. The fourth-order valence-electron chi connectivity index (χ4n) is 2.13. The number of thioether (sulfide) groups is 1. The monoisotopic (exact) mass is 391 g/mol. The molecule has 10 heteroatoms. The number of hydrogen-bond acceptors (Lipinski definition) is 6. The van der Waals surface area contributed by atoms with Crippen molar-refractivity contribution < 1.29 is 29.4 Å². The summed E-state index contributed by atoms with van der Waals surface area (Å²) in [5.74, 6) is -3.27. The maximum atomic E-state index is 12.4. The van der Waals surface area contributed by atoms with Gasteiger partial charge < -0.3 is 26.6 Å². The first kappa shape index (κ1) is 24.2. The van der Waals surface area contributed by atoms with Crippen LogP contribution in [0.1, 0.15) is 39.5 Å². The van der Waals surface area contributed by atoms with Gasteiger partial charge in [-0.25, -0.2) is 4.79 Å². The molecule has 26 heavy (non-hydrogen) atoms. The van der Waals surface area contributed by atoms with E-state index in [4.69, 9.17) is 10.8 Å². The van der Waals surface area contributed by atoms with Crippen molar-refractivity contribution in [2.75, 3.05) is 12.0 Å². The molecule has 0 aromatic rings. The Morgan fingerprint density at radius 2 is 1.69 bits per heavy atom. The van der Waals surface area contributed by atoms with Crippen LogP contribution < -0.4 is 16.4 Å². The van der Waals surface area contributed by atoms with E-state index in [9.17, 15) is 24.3 Å². The average Bonchev–Trinajstić information content (AvgIpc) is 2.59. The molecule has 0 bridgehead atoms. The molecule has 0 aliphatic carbocycles. The van der Waals surface area contributed by atoms with E-state index in [2.05, 4.69) is 10.6 Å². The predicted molar refractivity (Wildman–Crippen MR) is 98.8 cm³/mol. The molecular formula is C16H29N3O6S. The molecule has 6 N–H and O–H groups in total. The van der Waals surface area contributed by atoms with Gasteiger partial charge in [0.1, 0.15) is 12.1 Å². The van der Waals surface area contributed by atoms with E-state index in [1.165, 1.54) is 11.8 Å². The predicted octanol–water partition coefficient (Wildman–Crippen LogP) is 0.0319. The molecule has 0 radical (unpaired) electrons. The molecule has 2 amide bonds. The third-order valence-electron chi connectivity index (χ3n) is 4.03. The second kappa shape index (κ2) is 12.5. The van der Waals surface area contributed by atoms with E-state index in [1.807, 2.05) is 6.26 Å². The number of carbonyl (C=O) groups excluding carboxylic acids is 2. The fourth-order valence-corrected chi connectivity index (χ4v) is 2.62. The maximum absolute atomic E-state index is 12.4. The van der Waals surface area contributed by atoms with Gasteiger partial charge in [-0.2, -0.15) is 11.8 Å². The quantitative estimate of drug-likeness (QED) is 0.294. The summed E-state index contributed by atoms with van der Waals surface area (Å²) in [7, 11) is 0. The number of rotatable bonds is 13. The molecular weight excluding hydrogens is 362 g/mol. The van der Waals surface area contributed by atoms with E-state index in [0.29, 0.717) is 18.6 Å². The molecule has 0 heterocycles. The first-order valence-corrected chi connectivity index (χ1v) is 9.83. The molecule has 0 aromatic carbocycles. The third-order valence-corrected chi connectivity index (χ3v) is 4.67.